The number of aliphatic hydroxyl groups is 1. The summed E-state index contributed by atoms with van der Waals surface area (Å²) in [4.78, 5) is 124. The summed E-state index contributed by atoms with van der Waals surface area (Å²) in [7, 11) is 0. The molecule has 5 rings (SSSR count). The monoisotopic (exact) mass is 1320 g/mol. The minimum atomic E-state index is -0.776. The molecule has 4 saturated heterocycles. The quantitative estimate of drug-likeness (QED) is 0.117. The molecule has 5 aliphatic heterocycles. The van der Waals surface area contributed by atoms with Crippen molar-refractivity contribution in [3.63, 3.8) is 0 Å². The van der Waals surface area contributed by atoms with Crippen molar-refractivity contribution in [1.29, 1.82) is 0 Å². The molecule has 0 aromatic carbocycles. The van der Waals surface area contributed by atoms with Gasteiger partial charge in [-0.25, -0.2) is 24.0 Å². The molecule has 5 aliphatic rings. The summed E-state index contributed by atoms with van der Waals surface area (Å²) in [5.74, 6) is -2.79. The Morgan fingerprint density at radius 1 is 0.451 bits per heavy atom. The van der Waals surface area contributed by atoms with E-state index in [0.717, 1.165) is 45.2 Å². The number of ketones is 1. The molecule has 2 N–H and O–H groups in total. The van der Waals surface area contributed by atoms with Gasteiger partial charge >= 0.3 is 54.2 Å². The van der Waals surface area contributed by atoms with E-state index in [4.69, 9.17) is 42.6 Å². The first kappa shape index (κ1) is 85.0. The van der Waals surface area contributed by atoms with Gasteiger partial charge in [0.1, 0.15) is 34.1 Å². The molecule has 26 heteroatoms. The number of amides is 4. The van der Waals surface area contributed by atoms with Gasteiger partial charge in [-0.05, 0) is 201 Å². The van der Waals surface area contributed by atoms with E-state index in [1.807, 2.05) is 61.5 Å². The van der Waals surface area contributed by atoms with E-state index < -0.39 is 64.5 Å². The van der Waals surface area contributed by atoms with Crippen LogP contribution in [0.5, 0.6) is 0 Å². The molecule has 526 valence electrons. The molecule has 4 amide bonds. The van der Waals surface area contributed by atoms with Crippen LogP contribution in [0.3, 0.4) is 0 Å². The van der Waals surface area contributed by atoms with Crippen molar-refractivity contribution in [2.24, 2.45) is 23.7 Å². The van der Waals surface area contributed by atoms with Crippen LogP contribution in [0, 0.1) is 23.7 Å². The van der Waals surface area contributed by atoms with Gasteiger partial charge in [-0.3, -0.25) is 24.0 Å². The van der Waals surface area contributed by atoms with Gasteiger partial charge in [0.15, 0.2) is 0 Å². The lowest BCUT2D eigenvalue weighted by molar-refractivity contribution is -0.153. The Bertz CT molecular complexity index is 2260. The molecule has 5 atom stereocenters. The van der Waals surface area contributed by atoms with Crippen molar-refractivity contribution in [3.05, 3.63) is 11.6 Å². The number of halogens is 1. The maximum absolute atomic E-state index is 12.0. The van der Waals surface area contributed by atoms with Crippen molar-refractivity contribution >= 4 is 72.4 Å². The zero-order valence-corrected chi connectivity index (χ0v) is 58.8. The topological polar surface area (TPSA) is 299 Å². The van der Waals surface area contributed by atoms with E-state index in [1.54, 1.807) is 72.1 Å². The predicted molar refractivity (Wildman–Crippen MR) is 343 cm³/mol. The summed E-state index contributed by atoms with van der Waals surface area (Å²) in [6.45, 7) is 38.1. The second kappa shape index (κ2) is 43.0. The van der Waals surface area contributed by atoms with Gasteiger partial charge in [0.2, 0.25) is 0 Å². The number of hydrogen-bond acceptors (Lipinski definition) is 21. The predicted octanol–water partition coefficient (Wildman–Crippen LogP) is 9.78. The SMILES string of the molecule is CCOC(=O)C1=CCCN(C(=O)OC(C)(C)C)CC1.CCOC(=O)C1CCCN(C(=O)OC(C)(C)C)CC1.CCOC(=O)C1CCCNCC1.CCOC(=O)C1CCN(C(=O)OC(C)(C)C)CCC1=O.CCOC(=O)[C@H]1CCN(C(=O)OC(C)(C)C)CC[C@H]1O.Cl. The Balaban J connectivity index is 0.00000112. The lowest BCUT2D eigenvalue weighted by Crippen LogP contribution is -2.37. The fourth-order valence-corrected chi connectivity index (χ4v) is 9.50. The fourth-order valence-electron chi connectivity index (χ4n) is 9.50. The Kier molecular flexibility index (Phi) is 40.2. The Labute approximate surface area is 548 Å². The smallest absolute Gasteiger partial charge is 0.410 e. The molecule has 0 aromatic heterocycles. The molecule has 0 aliphatic carbocycles. The number of Topliss-reactive ketones (excluding diaryl/α,β-unsaturated/α-hetero) is 1. The van der Waals surface area contributed by atoms with Gasteiger partial charge in [0.25, 0.3) is 0 Å². The Morgan fingerprint density at radius 2 is 0.846 bits per heavy atom. The van der Waals surface area contributed by atoms with Gasteiger partial charge in [-0.2, -0.15) is 0 Å². The van der Waals surface area contributed by atoms with Crippen LogP contribution >= 0.6 is 12.4 Å². The summed E-state index contributed by atoms with van der Waals surface area (Å²) in [5.41, 5.74) is -1.46. The minimum absolute atomic E-state index is 0. The first-order valence-electron chi connectivity index (χ1n) is 32.4. The second-order valence-electron chi connectivity index (χ2n) is 26.2. The molecular weight excluding hydrogens is 1210 g/mol. The maximum Gasteiger partial charge on any atom is 0.410 e. The van der Waals surface area contributed by atoms with Crippen LogP contribution in [-0.2, 0) is 71.4 Å². The highest BCUT2D eigenvalue weighted by molar-refractivity contribution is 5.99. The van der Waals surface area contributed by atoms with Gasteiger partial charge in [0, 0.05) is 64.4 Å². The molecule has 0 spiro atoms. The summed E-state index contributed by atoms with van der Waals surface area (Å²) in [6, 6.07) is 0. The lowest BCUT2D eigenvalue weighted by atomic mass is 9.98. The summed E-state index contributed by atoms with van der Waals surface area (Å²) in [6.07, 6.45) is 7.16. The number of likely N-dealkylation sites (tertiary alicyclic amines) is 3. The van der Waals surface area contributed by atoms with Crippen LogP contribution in [0.2, 0.25) is 0 Å². The standard InChI is InChI=1S/C14H25NO5.C14H23NO5.C14H25NO4.C14H23NO4.C9H17NO2.ClH/c2*1-5-19-12(17)10-6-8-15(9-7-11(10)16)13(18)20-14(2,3)4;2*1-5-18-12(16)11-7-6-9-15(10-8-11)13(17)19-14(2,3)4;1-2-12-9(11)8-4-3-6-10-7-5-8;/h10-11,16H,5-9H2,1-4H3;10H,5-9H2,1-4H3;11H,5-10H2,1-4H3;7H,5-6,8-10H2,1-4H3;8,10H,2-7H2,1H3;1H/t10-,11+;;;;;/m0...../s1. The van der Waals surface area contributed by atoms with Crippen LogP contribution in [0.4, 0.5) is 19.2 Å². The van der Waals surface area contributed by atoms with Crippen LogP contribution in [0.25, 0.3) is 0 Å². The van der Waals surface area contributed by atoms with E-state index in [1.165, 1.54) is 9.80 Å². The lowest BCUT2D eigenvalue weighted by Gasteiger charge is -2.26. The van der Waals surface area contributed by atoms with Crippen LogP contribution in [0.15, 0.2) is 11.6 Å². The number of carbonyl (C=O) groups is 10. The fraction of sp³-hybridized carbons (Fsp3) is 0.815. The Morgan fingerprint density at radius 3 is 1.34 bits per heavy atom. The number of carbonyl (C=O) groups excluding carboxylic acids is 10. The summed E-state index contributed by atoms with van der Waals surface area (Å²) in [5, 5.41) is 13.3. The average molecular weight is 1320 g/mol. The molecule has 91 heavy (non-hydrogen) atoms. The number of nitrogens with one attached hydrogen (secondary N) is 1. The Hall–Kier alpha value is -5.95. The highest BCUT2D eigenvalue weighted by atomic mass is 35.5. The third kappa shape index (κ3) is 36.8. The molecule has 0 saturated carbocycles. The number of rotatable bonds is 10. The molecule has 0 radical (unpaired) electrons. The van der Waals surface area contributed by atoms with Crippen LogP contribution in [-0.4, -0.2) is 212 Å². The number of esters is 5. The van der Waals surface area contributed by atoms with E-state index in [2.05, 4.69) is 5.32 Å². The van der Waals surface area contributed by atoms with Crippen LogP contribution < -0.4 is 5.32 Å². The zero-order valence-electron chi connectivity index (χ0n) is 58.0. The summed E-state index contributed by atoms with van der Waals surface area (Å²) < 4.78 is 46.1. The highest BCUT2D eigenvalue weighted by Gasteiger charge is 2.36. The second-order valence-corrected chi connectivity index (χ2v) is 26.2. The van der Waals surface area contributed by atoms with Gasteiger partial charge in [0.05, 0.1) is 56.9 Å². The first-order valence-corrected chi connectivity index (χ1v) is 32.4. The third-order valence-electron chi connectivity index (χ3n) is 13.9. The van der Waals surface area contributed by atoms with Crippen molar-refractivity contribution in [1.82, 2.24) is 24.9 Å². The maximum atomic E-state index is 12.0. The third-order valence-corrected chi connectivity index (χ3v) is 13.9. The molecule has 0 aromatic rings. The molecule has 25 nitrogen and oxygen atoms in total. The summed E-state index contributed by atoms with van der Waals surface area (Å²) >= 11 is 0. The molecular formula is C65H114ClN5O20. The normalized spacial score (nSPS) is 20.7. The van der Waals surface area contributed by atoms with Crippen molar-refractivity contribution in [3.8, 4) is 0 Å². The van der Waals surface area contributed by atoms with E-state index in [0.29, 0.717) is 103 Å². The van der Waals surface area contributed by atoms with Crippen LogP contribution in [0.1, 0.15) is 195 Å². The van der Waals surface area contributed by atoms with Crippen molar-refractivity contribution in [2.45, 2.75) is 223 Å². The van der Waals surface area contributed by atoms with E-state index >= 15 is 0 Å². The number of aliphatic hydroxyl groups excluding tert-OH is 1. The average Bonchev–Trinajstić information content (AvgIpc) is 2.05. The van der Waals surface area contributed by atoms with E-state index in [9.17, 15) is 53.1 Å². The van der Waals surface area contributed by atoms with Gasteiger partial charge in [-0.1, -0.05) is 6.08 Å². The largest absolute Gasteiger partial charge is 0.466 e. The number of ether oxygens (including phenoxy) is 9. The number of nitrogens with zero attached hydrogens (tertiary/aromatic N) is 4. The number of hydrogen-bond donors (Lipinski definition) is 2. The van der Waals surface area contributed by atoms with Gasteiger partial charge in [-0.15, -0.1) is 12.4 Å². The highest BCUT2D eigenvalue weighted by Crippen LogP contribution is 2.25. The minimum Gasteiger partial charge on any atom is -0.466 e. The zero-order chi connectivity index (χ0) is 68.4. The molecule has 0 bridgehead atoms. The first-order chi connectivity index (χ1) is 42.0. The van der Waals surface area contributed by atoms with Gasteiger partial charge < -0.3 is 72.7 Å². The van der Waals surface area contributed by atoms with E-state index in [-0.39, 0.29) is 92.7 Å². The van der Waals surface area contributed by atoms with Crippen molar-refractivity contribution in [2.75, 3.05) is 98.5 Å². The molecule has 3 unspecified atom stereocenters. The molecule has 5 heterocycles. The molecule has 4 fully saturated rings. The van der Waals surface area contributed by atoms with Crippen molar-refractivity contribution < 1.29 is 95.7 Å².